The first kappa shape index (κ1) is 14.9. The molecule has 0 radical (unpaired) electrons. The molecule has 112 valence electrons. The number of aromatic nitrogens is 2. The molecule has 0 amide bonds. The van der Waals surface area contributed by atoms with Gasteiger partial charge in [-0.15, -0.1) is 0 Å². The van der Waals surface area contributed by atoms with E-state index in [2.05, 4.69) is 9.97 Å². The van der Waals surface area contributed by atoms with Gasteiger partial charge in [0.25, 0.3) is 0 Å². The number of aryl methyl sites for hydroxylation is 1. The van der Waals surface area contributed by atoms with E-state index >= 15 is 0 Å². The molecule has 0 saturated carbocycles. The van der Waals surface area contributed by atoms with Crippen molar-refractivity contribution in [3.8, 4) is 0 Å². The number of piperidine rings is 1. The van der Waals surface area contributed by atoms with Gasteiger partial charge in [-0.05, 0) is 19.8 Å². The Hall–Kier alpha value is -1.53. The third-order valence-electron chi connectivity index (χ3n) is 3.70. The van der Waals surface area contributed by atoms with Crippen molar-refractivity contribution in [2.24, 2.45) is 5.92 Å². The van der Waals surface area contributed by atoms with Gasteiger partial charge in [0.2, 0.25) is 0 Å². The quantitative estimate of drug-likeness (QED) is 0.909. The molecule has 0 aromatic carbocycles. The normalized spacial score (nSPS) is 20.2. The summed E-state index contributed by atoms with van der Waals surface area (Å²) in [5.41, 5.74) is 6.48. The summed E-state index contributed by atoms with van der Waals surface area (Å²) in [7, 11) is 0. The topological polar surface area (TPSA) is 55.0 Å². The summed E-state index contributed by atoms with van der Waals surface area (Å²) in [5.74, 6) is 0.165. The molecule has 0 bridgehead atoms. The molecule has 1 aliphatic heterocycles. The Labute approximate surface area is 116 Å². The van der Waals surface area contributed by atoms with Crippen LogP contribution in [-0.4, -0.2) is 29.2 Å². The van der Waals surface area contributed by atoms with Gasteiger partial charge in [0.1, 0.15) is 17.5 Å². The highest BCUT2D eigenvalue weighted by molar-refractivity contribution is 5.56. The minimum absolute atomic E-state index is 0.0516. The lowest BCUT2D eigenvalue weighted by molar-refractivity contribution is -0.176. The summed E-state index contributed by atoms with van der Waals surface area (Å²) in [5, 5.41) is 0. The van der Waals surface area contributed by atoms with Gasteiger partial charge in [0, 0.05) is 25.1 Å². The zero-order chi connectivity index (χ0) is 14.9. The Balaban J connectivity index is 2.29. The first-order chi connectivity index (χ1) is 9.32. The van der Waals surface area contributed by atoms with Crippen LogP contribution in [-0.2, 0) is 6.42 Å². The number of halogens is 3. The molecule has 1 atom stereocenters. The van der Waals surface area contributed by atoms with E-state index in [-0.39, 0.29) is 13.0 Å². The minimum Gasteiger partial charge on any atom is -0.383 e. The number of nitrogens with zero attached hydrogens (tertiary/aromatic N) is 3. The van der Waals surface area contributed by atoms with Crippen molar-refractivity contribution < 1.29 is 13.2 Å². The van der Waals surface area contributed by atoms with Crippen LogP contribution in [0.1, 0.15) is 31.2 Å². The molecule has 2 rings (SSSR count). The van der Waals surface area contributed by atoms with Crippen molar-refractivity contribution >= 4 is 11.6 Å². The number of alkyl halides is 3. The van der Waals surface area contributed by atoms with E-state index in [9.17, 15) is 13.2 Å². The summed E-state index contributed by atoms with van der Waals surface area (Å²) < 4.78 is 38.6. The summed E-state index contributed by atoms with van der Waals surface area (Å²) in [6.45, 7) is 4.17. The van der Waals surface area contributed by atoms with Crippen LogP contribution >= 0.6 is 0 Å². The molecule has 1 fully saturated rings. The fraction of sp³-hybridized carbons (Fsp3) is 0.692. The molecule has 4 nitrogen and oxygen atoms in total. The highest BCUT2D eigenvalue weighted by atomic mass is 19.4. The van der Waals surface area contributed by atoms with Gasteiger partial charge in [-0.2, -0.15) is 13.2 Å². The van der Waals surface area contributed by atoms with Crippen LogP contribution in [0.5, 0.6) is 0 Å². The minimum atomic E-state index is -4.15. The van der Waals surface area contributed by atoms with Crippen LogP contribution in [0.25, 0.3) is 0 Å². The molecule has 1 aliphatic rings. The van der Waals surface area contributed by atoms with E-state index in [0.29, 0.717) is 42.4 Å². The summed E-state index contributed by atoms with van der Waals surface area (Å²) in [6, 6.07) is 0. The molecule has 1 saturated heterocycles. The van der Waals surface area contributed by atoms with Crippen LogP contribution in [0.15, 0.2) is 0 Å². The monoisotopic (exact) mass is 288 g/mol. The summed E-state index contributed by atoms with van der Waals surface area (Å²) in [6.07, 6.45) is -2.86. The molecule has 20 heavy (non-hydrogen) atoms. The highest BCUT2D eigenvalue weighted by Gasteiger charge is 2.42. The van der Waals surface area contributed by atoms with Gasteiger partial charge in [-0.3, -0.25) is 0 Å². The molecule has 2 heterocycles. The van der Waals surface area contributed by atoms with Gasteiger partial charge in [-0.1, -0.05) is 6.92 Å². The molecule has 0 aliphatic carbocycles. The number of nitrogens with two attached hydrogens (primary N) is 1. The molecular formula is C13H19F3N4. The number of rotatable bonds is 2. The fourth-order valence-corrected chi connectivity index (χ4v) is 2.47. The summed E-state index contributed by atoms with van der Waals surface area (Å²) in [4.78, 5) is 10.2. The highest BCUT2D eigenvalue weighted by Crippen LogP contribution is 2.35. The molecule has 1 aromatic rings. The lowest BCUT2D eigenvalue weighted by Crippen LogP contribution is -2.42. The fourth-order valence-electron chi connectivity index (χ4n) is 2.47. The maximum Gasteiger partial charge on any atom is 0.393 e. The zero-order valence-corrected chi connectivity index (χ0v) is 11.7. The van der Waals surface area contributed by atoms with Crippen molar-refractivity contribution in [1.29, 1.82) is 0 Å². The van der Waals surface area contributed by atoms with E-state index in [1.807, 2.05) is 6.92 Å². The van der Waals surface area contributed by atoms with Crippen molar-refractivity contribution in [2.45, 2.75) is 39.3 Å². The number of hydrogen-bond donors (Lipinski definition) is 1. The first-order valence-corrected chi connectivity index (χ1v) is 6.77. The van der Waals surface area contributed by atoms with E-state index < -0.39 is 12.1 Å². The van der Waals surface area contributed by atoms with E-state index in [4.69, 9.17) is 5.73 Å². The Bertz CT molecular complexity index is 487. The van der Waals surface area contributed by atoms with Gasteiger partial charge < -0.3 is 10.6 Å². The third kappa shape index (κ3) is 2.96. The van der Waals surface area contributed by atoms with Gasteiger partial charge in [0.05, 0.1) is 5.92 Å². The van der Waals surface area contributed by atoms with Crippen LogP contribution < -0.4 is 10.6 Å². The van der Waals surface area contributed by atoms with E-state index in [0.717, 1.165) is 0 Å². The van der Waals surface area contributed by atoms with Crippen LogP contribution in [0.2, 0.25) is 0 Å². The van der Waals surface area contributed by atoms with Crippen LogP contribution in [0, 0.1) is 12.8 Å². The zero-order valence-electron chi connectivity index (χ0n) is 11.7. The Kier molecular flexibility index (Phi) is 4.06. The van der Waals surface area contributed by atoms with E-state index in [1.165, 1.54) is 0 Å². The second kappa shape index (κ2) is 5.46. The van der Waals surface area contributed by atoms with Crippen molar-refractivity contribution in [3.05, 3.63) is 11.4 Å². The summed E-state index contributed by atoms with van der Waals surface area (Å²) >= 11 is 0. The van der Waals surface area contributed by atoms with Gasteiger partial charge in [-0.25, -0.2) is 9.97 Å². The second-order valence-corrected chi connectivity index (χ2v) is 5.15. The predicted molar refractivity (Wildman–Crippen MR) is 71.6 cm³/mol. The predicted octanol–water partition coefficient (Wildman–Crippen LogP) is 2.71. The molecule has 2 N–H and O–H groups in total. The molecule has 7 heteroatoms. The third-order valence-corrected chi connectivity index (χ3v) is 3.70. The molecular weight excluding hydrogens is 269 g/mol. The van der Waals surface area contributed by atoms with Gasteiger partial charge >= 0.3 is 6.18 Å². The van der Waals surface area contributed by atoms with Crippen LogP contribution in [0.3, 0.4) is 0 Å². The Morgan fingerprint density at radius 1 is 1.35 bits per heavy atom. The Morgan fingerprint density at radius 3 is 2.65 bits per heavy atom. The number of hydrogen-bond acceptors (Lipinski definition) is 4. The second-order valence-electron chi connectivity index (χ2n) is 5.15. The molecule has 1 unspecified atom stereocenters. The van der Waals surface area contributed by atoms with Crippen molar-refractivity contribution in [1.82, 2.24) is 9.97 Å². The maximum atomic E-state index is 12.9. The smallest absolute Gasteiger partial charge is 0.383 e. The van der Waals surface area contributed by atoms with Gasteiger partial charge in [0.15, 0.2) is 0 Å². The maximum absolute atomic E-state index is 12.9. The first-order valence-electron chi connectivity index (χ1n) is 6.77. The SMILES string of the molecule is CCc1nc(N)c(C)c(N2CCCC(C(F)(F)F)C2)n1. The lowest BCUT2D eigenvalue weighted by atomic mass is 9.97. The molecule has 1 aromatic heterocycles. The standard InChI is InChI=1S/C13H19F3N4/c1-3-10-18-11(17)8(2)12(19-10)20-6-4-5-9(7-20)13(14,15)16/h9H,3-7H2,1-2H3,(H2,17,18,19). The largest absolute Gasteiger partial charge is 0.393 e. The van der Waals surface area contributed by atoms with Crippen molar-refractivity contribution in [3.63, 3.8) is 0 Å². The van der Waals surface area contributed by atoms with Crippen LogP contribution in [0.4, 0.5) is 24.8 Å². The lowest BCUT2D eigenvalue weighted by Gasteiger charge is -2.35. The Morgan fingerprint density at radius 2 is 2.05 bits per heavy atom. The van der Waals surface area contributed by atoms with Crippen molar-refractivity contribution in [2.75, 3.05) is 23.7 Å². The molecule has 0 spiro atoms. The average Bonchev–Trinajstić information content (AvgIpc) is 2.41. The van der Waals surface area contributed by atoms with E-state index in [1.54, 1.807) is 11.8 Å². The average molecular weight is 288 g/mol. The number of nitrogen functional groups attached to an aromatic ring is 1. The number of anilines is 2.